The molecular formula is C17H23N3O4. The standard InChI is InChI=1S/C17H23N3O4/c1-17(2,3)24-16(23)18-8-4-5-12-6-7-14-13(9-12)19-11-20(14)10-15(21)22/h6-7,9,11H,4-5,8,10H2,1-3H3,(H,18,23)(H,21,22). The number of carboxylic acids is 1. The van der Waals surface area contributed by atoms with Crippen LogP contribution in [0.2, 0.25) is 0 Å². The van der Waals surface area contributed by atoms with E-state index in [1.54, 1.807) is 4.57 Å². The van der Waals surface area contributed by atoms with E-state index in [1.165, 1.54) is 6.33 Å². The number of hydrogen-bond acceptors (Lipinski definition) is 4. The van der Waals surface area contributed by atoms with Gasteiger partial charge in [0.2, 0.25) is 0 Å². The largest absolute Gasteiger partial charge is 0.480 e. The van der Waals surface area contributed by atoms with E-state index in [0.29, 0.717) is 6.54 Å². The zero-order valence-electron chi connectivity index (χ0n) is 14.2. The smallest absolute Gasteiger partial charge is 0.407 e. The predicted octanol–water partition coefficient (Wildman–Crippen LogP) is 2.58. The van der Waals surface area contributed by atoms with E-state index in [-0.39, 0.29) is 6.54 Å². The van der Waals surface area contributed by atoms with Gasteiger partial charge in [-0.25, -0.2) is 9.78 Å². The Balaban J connectivity index is 1.85. The number of nitrogens with zero attached hydrogens (tertiary/aromatic N) is 2. The molecule has 24 heavy (non-hydrogen) atoms. The van der Waals surface area contributed by atoms with Crippen molar-refractivity contribution in [1.82, 2.24) is 14.9 Å². The van der Waals surface area contributed by atoms with Crippen molar-refractivity contribution in [3.8, 4) is 0 Å². The Labute approximate surface area is 140 Å². The van der Waals surface area contributed by atoms with Gasteiger partial charge in [-0.3, -0.25) is 4.79 Å². The molecule has 0 spiro atoms. The zero-order valence-corrected chi connectivity index (χ0v) is 14.2. The number of rotatable bonds is 6. The molecule has 1 heterocycles. The van der Waals surface area contributed by atoms with Gasteiger partial charge in [-0.15, -0.1) is 0 Å². The van der Waals surface area contributed by atoms with Crippen molar-refractivity contribution < 1.29 is 19.4 Å². The molecule has 0 fully saturated rings. The zero-order chi connectivity index (χ0) is 17.7. The van der Waals surface area contributed by atoms with E-state index in [0.717, 1.165) is 29.4 Å². The van der Waals surface area contributed by atoms with Gasteiger partial charge < -0.3 is 19.7 Å². The van der Waals surface area contributed by atoms with Gasteiger partial charge in [0, 0.05) is 6.54 Å². The summed E-state index contributed by atoms with van der Waals surface area (Å²) in [6.45, 7) is 5.90. The van der Waals surface area contributed by atoms with Crippen LogP contribution < -0.4 is 5.32 Å². The number of amides is 1. The van der Waals surface area contributed by atoms with Crippen molar-refractivity contribution in [1.29, 1.82) is 0 Å². The van der Waals surface area contributed by atoms with Gasteiger partial charge in [0.25, 0.3) is 0 Å². The van der Waals surface area contributed by atoms with Gasteiger partial charge in [-0.1, -0.05) is 6.07 Å². The normalized spacial score (nSPS) is 11.5. The van der Waals surface area contributed by atoms with Gasteiger partial charge in [0.15, 0.2) is 0 Å². The molecule has 7 nitrogen and oxygen atoms in total. The molecule has 2 rings (SSSR count). The molecular weight excluding hydrogens is 310 g/mol. The van der Waals surface area contributed by atoms with Crippen LogP contribution in [-0.4, -0.2) is 38.9 Å². The third-order valence-electron chi connectivity index (χ3n) is 3.30. The van der Waals surface area contributed by atoms with E-state index < -0.39 is 17.7 Å². The predicted molar refractivity (Wildman–Crippen MR) is 89.9 cm³/mol. The van der Waals surface area contributed by atoms with Gasteiger partial charge in [-0.2, -0.15) is 0 Å². The summed E-state index contributed by atoms with van der Waals surface area (Å²) in [5.41, 5.74) is 2.17. The van der Waals surface area contributed by atoms with E-state index in [9.17, 15) is 9.59 Å². The molecule has 0 aliphatic rings. The second-order valence-corrected chi connectivity index (χ2v) is 6.62. The first-order valence-corrected chi connectivity index (χ1v) is 7.87. The molecule has 0 atom stereocenters. The van der Waals surface area contributed by atoms with Crippen LogP contribution in [0.3, 0.4) is 0 Å². The summed E-state index contributed by atoms with van der Waals surface area (Å²) in [5.74, 6) is -0.897. The molecule has 0 saturated heterocycles. The lowest BCUT2D eigenvalue weighted by molar-refractivity contribution is -0.137. The van der Waals surface area contributed by atoms with Crippen molar-refractivity contribution in [2.45, 2.75) is 45.8 Å². The SMILES string of the molecule is CC(C)(C)OC(=O)NCCCc1ccc2c(c1)ncn2CC(=O)O. The molecule has 1 amide bonds. The number of aryl methyl sites for hydroxylation is 1. The Kier molecular flexibility index (Phi) is 5.43. The van der Waals surface area contributed by atoms with Crippen molar-refractivity contribution in [3.05, 3.63) is 30.1 Å². The highest BCUT2D eigenvalue weighted by Gasteiger charge is 2.15. The van der Waals surface area contributed by atoms with Crippen LogP contribution in [0.1, 0.15) is 32.8 Å². The molecule has 1 aromatic heterocycles. The molecule has 0 saturated carbocycles. The van der Waals surface area contributed by atoms with Crippen LogP contribution in [-0.2, 0) is 22.5 Å². The Morgan fingerprint density at radius 3 is 2.75 bits per heavy atom. The fourth-order valence-corrected chi connectivity index (χ4v) is 2.33. The lowest BCUT2D eigenvalue weighted by Crippen LogP contribution is -2.33. The second-order valence-electron chi connectivity index (χ2n) is 6.62. The number of hydrogen-bond donors (Lipinski definition) is 2. The average molecular weight is 333 g/mol. The summed E-state index contributed by atoms with van der Waals surface area (Å²) in [7, 11) is 0. The van der Waals surface area contributed by atoms with E-state index >= 15 is 0 Å². The number of benzene rings is 1. The van der Waals surface area contributed by atoms with E-state index in [2.05, 4.69) is 10.3 Å². The first-order valence-electron chi connectivity index (χ1n) is 7.87. The summed E-state index contributed by atoms with van der Waals surface area (Å²) in [5, 5.41) is 11.6. The Bertz CT molecular complexity index is 731. The lowest BCUT2D eigenvalue weighted by Gasteiger charge is -2.19. The van der Waals surface area contributed by atoms with Crippen molar-refractivity contribution in [2.24, 2.45) is 0 Å². The van der Waals surface area contributed by atoms with Gasteiger partial charge >= 0.3 is 12.1 Å². The van der Waals surface area contributed by atoms with Gasteiger partial charge in [-0.05, 0) is 51.3 Å². The Morgan fingerprint density at radius 2 is 2.08 bits per heavy atom. The van der Waals surface area contributed by atoms with Crippen molar-refractivity contribution >= 4 is 23.1 Å². The number of ether oxygens (including phenoxy) is 1. The molecule has 0 unspecified atom stereocenters. The molecule has 2 aromatic rings. The van der Waals surface area contributed by atoms with Crippen molar-refractivity contribution in [2.75, 3.05) is 6.54 Å². The fraction of sp³-hybridized carbons (Fsp3) is 0.471. The monoisotopic (exact) mass is 333 g/mol. The maximum absolute atomic E-state index is 11.5. The summed E-state index contributed by atoms with van der Waals surface area (Å²) < 4.78 is 6.77. The minimum Gasteiger partial charge on any atom is -0.480 e. The molecule has 1 aromatic carbocycles. The second kappa shape index (κ2) is 7.33. The van der Waals surface area contributed by atoms with Crippen LogP contribution in [0.4, 0.5) is 4.79 Å². The maximum atomic E-state index is 11.5. The fourth-order valence-electron chi connectivity index (χ4n) is 2.33. The third-order valence-corrected chi connectivity index (χ3v) is 3.30. The quantitative estimate of drug-likeness (QED) is 0.793. The summed E-state index contributed by atoms with van der Waals surface area (Å²) in [4.78, 5) is 26.6. The average Bonchev–Trinajstić information content (AvgIpc) is 2.83. The number of alkyl carbamates (subject to hydrolysis) is 1. The first kappa shape index (κ1) is 17.8. The molecule has 130 valence electrons. The lowest BCUT2D eigenvalue weighted by atomic mass is 10.1. The minimum absolute atomic E-state index is 0.102. The minimum atomic E-state index is -0.897. The van der Waals surface area contributed by atoms with Gasteiger partial charge in [0.1, 0.15) is 12.1 Å². The van der Waals surface area contributed by atoms with Crippen LogP contribution >= 0.6 is 0 Å². The van der Waals surface area contributed by atoms with E-state index in [4.69, 9.17) is 9.84 Å². The summed E-state index contributed by atoms with van der Waals surface area (Å²) >= 11 is 0. The maximum Gasteiger partial charge on any atom is 0.407 e. The Hall–Kier alpha value is -2.57. The first-order chi connectivity index (χ1) is 11.2. The highest BCUT2D eigenvalue weighted by atomic mass is 16.6. The molecule has 7 heteroatoms. The number of carboxylic acid groups (broad SMARTS) is 1. The topological polar surface area (TPSA) is 93.5 Å². The molecule has 0 bridgehead atoms. The van der Waals surface area contributed by atoms with E-state index in [1.807, 2.05) is 39.0 Å². The summed E-state index contributed by atoms with van der Waals surface area (Å²) in [6, 6.07) is 5.78. The number of carbonyl (C=O) groups is 2. The van der Waals surface area contributed by atoms with Crippen LogP contribution in [0, 0.1) is 0 Å². The van der Waals surface area contributed by atoms with Crippen molar-refractivity contribution in [3.63, 3.8) is 0 Å². The van der Waals surface area contributed by atoms with Gasteiger partial charge in [0.05, 0.1) is 17.4 Å². The van der Waals surface area contributed by atoms with Crippen LogP contribution in [0.15, 0.2) is 24.5 Å². The summed E-state index contributed by atoms with van der Waals surface area (Å²) in [6.07, 6.45) is 2.69. The number of fused-ring (bicyclic) bond motifs is 1. The highest BCUT2D eigenvalue weighted by molar-refractivity contribution is 5.78. The molecule has 0 aliphatic carbocycles. The molecule has 2 N–H and O–H groups in total. The molecule has 0 radical (unpaired) electrons. The number of nitrogens with one attached hydrogen (secondary N) is 1. The number of carbonyl (C=O) groups excluding carboxylic acids is 1. The highest BCUT2D eigenvalue weighted by Crippen LogP contribution is 2.16. The molecule has 0 aliphatic heterocycles. The number of aromatic nitrogens is 2. The Morgan fingerprint density at radius 1 is 1.33 bits per heavy atom. The van der Waals surface area contributed by atoms with Crippen LogP contribution in [0.5, 0.6) is 0 Å². The third kappa shape index (κ3) is 5.26. The van der Waals surface area contributed by atoms with Crippen LogP contribution in [0.25, 0.3) is 11.0 Å². The number of imidazole rings is 1. The number of aliphatic carboxylic acids is 1.